The highest BCUT2D eigenvalue weighted by Gasteiger charge is 2.15. The molecule has 1 fully saturated rings. The lowest BCUT2D eigenvalue weighted by atomic mass is 10.3. The van der Waals surface area contributed by atoms with Crippen LogP contribution in [0.2, 0.25) is 0 Å². The Balaban J connectivity index is 2.03. The molecule has 1 aromatic heterocycles. The van der Waals surface area contributed by atoms with Gasteiger partial charge in [0.1, 0.15) is 0 Å². The first-order valence-corrected chi connectivity index (χ1v) is 5.03. The summed E-state index contributed by atoms with van der Waals surface area (Å²) in [4.78, 5) is 4.53. The summed E-state index contributed by atoms with van der Waals surface area (Å²) >= 11 is 0. The average molecular weight is 208 g/mol. The van der Waals surface area contributed by atoms with Gasteiger partial charge in [0.05, 0.1) is 0 Å². The number of hydrogen-bond donors (Lipinski definition) is 2. The Morgan fingerprint density at radius 3 is 2.47 bits per heavy atom. The van der Waals surface area contributed by atoms with Crippen molar-refractivity contribution in [3.05, 3.63) is 12.1 Å². The maximum Gasteiger partial charge on any atom is 0.162 e. The van der Waals surface area contributed by atoms with E-state index in [2.05, 4.69) is 32.5 Å². The van der Waals surface area contributed by atoms with Gasteiger partial charge in [-0.2, -0.15) is 0 Å². The lowest BCUT2D eigenvalue weighted by Gasteiger charge is -2.32. The minimum Gasteiger partial charge on any atom is -0.353 e. The monoisotopic (exact) mass is 208 g/mol. The van der Waals surface area contributed by atoms with E-state index in [0.29, 0.717) is 5.82 Å². The Bertz CT molecular complexity index is 303. The normalized spacial score (nSPS) is 17.9. The van der Waals surface area contributed by atoms with E-state index in [4.69, 9.17) is 5.84 Å². The van der Waals surface area contributed by atoms with Gasteiger partial charge in [0.15, 0.2) is 11.6 Å². The molecule has 2 heterocycles. The second-order valence-corrected chi connectivity index (χ2v) is 3.71. The molecule has 1 aromatic rings. The summed E-state index contributed by atoms with van der Waals surface area (Å²) in [7, 11) is 2.13. The van der Waals surface area contributed by atoms with Crippen LogP contribution < -0.4 is 16.2 Å². The smallest absolute Gasteiger partial charge is 0.162 e. The lowest BCUT2D eigenvalue weighted by Crippen LogP contribution is -2.44. The van der Waals surface area contributed by atoms with Gasteiger partial charge in [-0.3, -0.25) is 0 Å². The molecule has 0 radical (unpaired) electrons. The van der Waals surface area contributed by atoms with Gasteiger partial charge in [-0.25, -0.2) is 5.84 Å². The summed E-state index contributed by atoms with van der Waals surface area (Å²) in [6.45, 7) is 4.14. The number of nitrogens with one attached hydrogen (secondary N) is 1. The van der Waals surface area contributed by atoms with Gasteiger partial charge in [-0.15, -0.1) is 10.2 Å². The third-order valence-corrected chi connectivity index (χ3v) is 2.63. The van der Waals surface area contributed by atoms with Crippen LogP contribution >= 0.6 is 0 Å². The molecule has 0 saturated carbocycles. The molecule has 3 N–H and O–H groups in total. The van der Waals surface area contributed by atoms with Crippen molar-refractivity contribution >= 4 is 11.6 Å². The minimum absolute atomic E-state index is 0.591. The van der Waals surface area contributed by atoms with Crippen molar-refractivity contribution in [2.24, 2.45) is 5.84 Å². The summed E-state index contributed by atoms with van der Waals surface area (Å²) < 4.78 is 0. The topological polar surface area (TPSA) is 70.3 Å². The van der Waals surface area contributed by atoms with Crippen LogP contribution in [-0.4, -0.2) is 48.3 Å². The zero-order valence-corrected chi connectivity index (χ0v) is 8.85. The van der Waals surface area contributed by atoms with Gasteiger partial charge in [0.25, 0.3) is 0 Å². The zero-order valence-electron chi connectivity index (χ0n) is 8.85. The highest BCUT2D eigenvalue weighted by Crippen LogP contribution is 2.12. The minimum atomic E-state index is 0.591. The Hall–Kier alpha value is -1.40. The molecule has 0 bridgehead atoms. The number of nitrogens with two attached hydrogens (primary N) is 1. The van der Waals surface area contributed by atoms with Crippen molar-refractivity contribution < 1.29 is 0 Å². The Labute approximate surface area is 89.0 Å². The molecule has 1 aliphatic heterocycles. The van der Waals surface area contributed by atoms with Gasteiger partial charge in [0, 0.05) is 26.2 Å². The summed E-state index contributed by atoms with van der Waals surface area (Å²) in [6, 6.07) is 3.77. The molecular weight excluding hydrogens is 192 g/mol. The van der Waals surface area contributed by atoms with Crippen LogP contribution in [0, 0.1) is 0 Å². The quantitative estimate of drug-likeness (QED) is 0.505. The first kappa shape index (κ1) is 10.1. The molecular formula is C9H16N6. The molecule has 0 amide bonds. The molecule has 1 saturated heterocycles. The second kappa shape index (κ2) is 4.41. The first-order valence-electron chi connectivity index (χ1n) is 5.03. The average Bonchev–Trinajstić information content (AvgIpc) is 2.30. The second-order valence-electron chi connectivity index (χ2n) is 3.71. The van der Waals surface area contributed by atoms with E-state index in [-0.39, 0.29) is 0 Å². The molecule has 6 nitrogen and oxygen atoms in total. The number of nitrogen functional groups attached to an aromatic ring is 1. The van der Waals surface area contributed by atoms with Gasteiger partial charge in [-0.1, -0.05) is 0 Å². The molecule has 0 atom stereocenters. The van der Waals surface area contributed by atoms with Gasteiger partial charge in [0.2, 0.25) is 0 Å². The number of aromatic nitrogens is 2. The highest BCUT2D eigenvalue weighted by molar-refractivity contribution is 5.43. The highest BCUT2D eigenvalue weighted by atomic mass is 15.3. The summed E-state index contributed by atoms with van der Waals surface area (Å²) in [5.41, 5.74) is 2.46. The van der Waals surface area contributed by atoms with E-state index in [1.165, 1.54) is 0 Å². The third kappa shape index (κ3) is 2.34. The molecule has 2 rings (SSSR count). The summed E-state index contributed by atoms with van der Waals surface area (Å²) in [6.07, 6.45) is 0. The van der Waals surface area contributed by atoms with Crippen molar-refractivity contribution in [3.63, 3.8) is 0 Å². The first-order chi connectivity index (χ1) is 7.29. The van der Waals surface area contributed by atoms with E-state index >= 15 is 0 Å². The van der Waals surface area contributed by atoms with Crippen LogP contribution in [0.5, 0.6) is 0 Å². The van der Waals surface area contributed by atoms with Gasteiger partial charge in [-0.05, 0) is 19.2 Å². The van der Waals surface area contributed by atoms with Crippen molar-refractivity contribution in [1.82, 2.24) is 15.1 Å². The van der Waals surface area contributed by atoms with Crippen molar-refractivity contribution in [2.75, 3.05) is 43.6 Å². The number of rotatable bonds is 2. The fourth-order valence-corrected chi connectivity index (χ4v) is 1.61. The Kier molecular flexibility index (Phi) is 2.98. The van der Waals surface area contributed by atoms with Gasteiger partial charge >= 0.3 is 0 Å². The molecule has 0 aromatic carbocycles. The molecule has 0 spiro atoms. The van der Waals surface area contributed by atoms with Crippen LogP contribution in [0.15, 0.2) is 12.1 Å². The van der Waals surface area contributed by atoms with E-state index in [1.807, 2.05) is 12.1 Å². The van der Waals surface area contributed by atoms with Crippen LogP contribution in [0.4, 0.5) is 11.6 Å². The number of hydrogen-bond acceptors (Lipinski definition) is 6. The van der Waals surface area contributed by atoms with Crippen LogP contribution in [0.1, 0.15) is 0 Å². The summed E-state index contributed by atoms with van der Waals surface area (Å²) in [5.74, 6) is 6.73. The maximum atomic E-state index is 5.22. The number of anilines is 2. The Morgan fingerprint density at radius 2 is 1.93 bits per heavy atom. The fourth-order valence-electron chi connectivity index (χ4n) is 1.61. The predicted octanol–water partition coefficient (Wildman–Crippen LogP) is -0.486. The van der Waals surface area contributed by atoms with Crippen LogP contribution in [-0.2, 0) is 0 Å². The number of likely N-dealkylation sites (N-methyl/N-ethyl adjacent to an activating group) is 1. The molecule has 82 valence electrons. The fraction of sp³-hybridized carbons (Fsp3) is 0.556. The van der Waals surface area contributed by atoms with E-state index < -0.39 is 0 Å². The zero-order chi connectivity index (χ0) is 10.7. The van der Waals surface area contributed by atoms with Crippen LogP contribution in [0.3, 0.4) is 0 Å². The van der Waals surface area contributed by atoms with Crippen LogP contribution in [0.25, 0.3) is 0 Å². The number of nitrogens with zero attached hydrogens (tertiary/aromatic N) is 4. The maximum absolute atomic E-state index is 5.22. The standard InChI is InChI=1S/C9H16N6/c1-14-4-6-15(7-5-14)9-3-2-8(11-10)12-13-9/h2-3H,4-7,10H2,1H3,(H,11,12). The van der Waals surface area contributed by atoms with E-state index in [9.17, 15) is 0 Å². The third-order valence-electron chi connectivity index (χ3n) is 2.63. The van der Waals surface area contributed by atoms with Crippen molar-refractivity contribution in [2.45, 2.75) is 0 Å². The predicted molar refractivity (Wildman–Crippen MR) is 59.6 cm³/mol. The van der Waals surface area contributed by atoms with Crippen molar-refractivity contribution in [1.29, 1.82) is 0 Å². The SMILES string of the molecule is CN1CCN(c2ccc(NN)nn2)CC1. The van der Waals surface area contributed by atoms with Crippen molar-refractivity contribution in [3.8, 4) is 0 Å². The van der Waals surface area contributed by atoms with Gasteiger partial charge < -0.3 is 15.2 Å². The lowest BCUT2D eigenvalue weighted by molar-refractivity contribution is 0.312. The summed E-state index contributed by atoms with van der Waals surface area (Å²) in [5, 5.41) is 8.06. The molecule has 0 aliphatic carbocycles. The molecule has 15 heavy (non-hydrogen) atoms. The molecule has 6 heteroatoms. The molecule has 0 unspecified atom stereocenters. The molecule has 1 aliphatic rings. The number of piperazine rings is 1. The Morgan fingerprint density at radius 1 is 1.20 bits per heavy atom. The largest absolute Gasteiger partial charge is 0.353 e. The van der Waals surface area contributed by atoms with E-state index in [1.54, 1.807) is 0 Å². The number of hydrazine groups is 1. The van der Waals surface area contributed by atoms with E-state index in [0.717, 1.165) is 32.0 Å².